The minimum absolute atomic E-state index is 0. The van der Waals surface area contributed by atoms with E-state index < -0.39 is 0 Å². The van der Waals surface area contributed by atoms with E-state index in [9.17, 15) is 0 Å². The Morgan fingerprint density at radius 1 is 0.758 bits per heavy atom. The van der Waals surface area contributed by atoms with Crippen molar-refractivity contribution < 1.29 is 0 Å². The molecule has 0 unspecified atom stereocenters. The third-order valence-corrected chi connectivity index (χ3v) is 10.1. The summed E-state index contributed by atoms with van der Waals surface area (Å²) in [7, 11) is 0. The molecule has 4 fully saturated rings. The Morgan fingerprint density at radius 3 is 2.30 bits per heavy atom. The number of halogens is 1. The van der Waals surface area contributed by atoms with Gasteiger partial charge in [-0.25, -0.2) is 0 Å². The van der Waals surface area contributed by atoms with Gasteiger partial charge in [0, 0.05) is 42.8 Å². The van der Waals surface area contributed by atoms with Gasteiger partial charge in [-0.05, 0) is 97.3 Å². The zero-order valence-electron chi connectivity index (χ0n) is 19.5. The minimum atomic E-state index is 0. The molecule has 4 bridgehead atoms. The molecule has 0 N–H and O–H groups in total. The molecule has 4 saturated carbocycles. The van der Waals surface area contributed by atoms with Gasteiger partial charge in [-0.15, -0.1) is 12.4 Å². The summed E-state index contributed by atoms with van der Waals surface area (Å²) in [5.41, 5.74) is 9.24. The van der Waals surface area contributed by atoms with Gasteiger partial charge in [-0.2, -0.15) is 0 Å². The lowest BCUT2D eigenvalue weighted by Crippen LogP contribution is -2.49. The van der Waals surface area contributed by atoms with Gasteiger partial charge in [0.1, 0.15) is 0 Å². The normalized spacial score (nSPS) is 31.7. The second-order valence-corrected chi connectivity index (χ2v) is 11.8. The first kappa shape index (κ1) is 20.6. The van der Waals surface area contributed by atoms with Gasteiger partial charge in [0.25, 0.3) is 0 Å². The fraction of sp³-hybridized carbons (Fsp3) is 0.533. The van der Waals surface area contributed by atoms with E-state index in [2.05, 4.69) is 51.9 Å². The first-order valence-electron chi connectivity index (χ1n) is 13.3. The Bertz CT molecular complexity index is 1200. The van der Waals surface area contributed by atoms with Crippen LogP contribution >= 0.6 is 12.4 Å². The van der Waals surface area contributed by atoms with Crippen LogP contribution in [0.15, 0.2) is 42.5 Å². The number of hydrogen-bond acceptors (Lipinski definition) is 1. The van der Waals surface area contributed by atoms with Crippen molar-refractivity contribution in [3.63, 3.8) is 0 Å². The number of rotatable bonds is 2. The molecule has 3 heterocycles. The molecule has 3 heteroatoms. The number of nitrogens with zero attached hydrogens (tertiary/aromatic N) is 2. The highest BCUT2D eigenvalue weighted by molar-refractivity contribution is 5.91. The van der Waals surface area contributed by atoms with Crippen LogP contribution in [0.4, 0.5) is 0 Å². The molecule has 0 spiro atoms. The monoisotopic (exact) mass is 458 g/mol. The Hall–Kier alpha value is -1.77. The van der Waals surface area contributed by atoms with Gasteiger partial charge >= 0.3 is 0 Å². The van der Waals surface area contributed by atoms with Gasteiger partial charge in [-0.1, -0.05) is 36.4 Å². The van der Waals surface area contributed by atoms with E-state index >= 15 is 0 Å². The summed E-state index contributed by atoms with van der Waals surface area (Å²) in [5, 5.41) is 1.53. The first-order chi connectivity index (χ1) is 15.8. The largest absolute Gasteiger partial charge is 0.313 e. The summed E-state index contributed by atoms with van der Waals surface area (Å²) < 4.78 is 2.67. The standard InChI is InChI=1S/C30H34N2.ClH/c1-2-7-28-21(4-1)8-9-22-5-3-6-25-27-18-31(11-10-29(27)32(28)30(22)25)17-26-23-13-19-12-20(15-23)16-24(26)14-19;/h1-7,19-20,23-24,26H,8-18H2;1H. The first-order valence-corrected chi connectivity index (χ1v) is 13.3. The molecule has 172 valence electrons. The lowest BCUT2D eigenvalue weighted by atomic mass is 9.52. The number of benzene rings is 2. The molecular weight excluding hydrogens is 424 g/mol. The fourth-order valence-electron chi connectivity index (χ4n) is 9.00. The summed E-state index contributed by atoms with van der Waals surface area (Å²) >= 11 is 0. The van der Waals surface area contributed by atoms with E-state index in [0.717, 1.165) is 49.0 Å². The van der Waals surface area contributed by atoms with Gasteiger partial charge in [0.2, 0.25) is 0 Å². The number of hydrogen-bond donors (Lipinski definition) is 0. The predicted molar refractivity (Wildman–Crippen MR) is 137 cm³/mol. The third kappa shape index (κ3) is 3.03. The van der Waals surface area contributed by atoms with Crippen molar-refractivity contribution in [1.29, 1.82) is 0 Å². The summed E-state index contributed by atoms with van der Waals surface area (Å²) in [5.74, 6) is 5.23. The van der Waals surface area contributed by atoms with Crippen molar-refractivity contribution in [3.8, 4) is 5.69 Å². The Morgan fingerprint density at radius 2 is 1.48 bits per heavy atom. The molecule has 9 rings (SSSR count). The van der Waals surface area contributed by atoms with Crippen LogP contribution < -0.4 is 0 Å². The molecule has 0 saturated heterocycles. The maximum absolute atomic E-state index is 2.85. The summed E-state index contributed by atoms with van der Waals surface area (Å²) in [6.45, 7) is 3.76. The van der Waals surface area contributed by atoms with Gasteiger partial charge in [0.05, 0.1) is 5.52 Å². The lowest BCUT2D eigenvalue weighted by Gasteiger charge is -2.55. The second-order valence-electron chi connectivity index (χ2n) is 11.8. The highest BCUT2D eigenvalue weighted by Crippen LogP contribution is 2.56. The van der Waals surface area contributed by atoms with Crippen molar-refractivity contribution in [2.45, 2.75) is 57.9 Å². The van der Waals surface area contributed by atoms with E-state index in [1.807, 2.05) is 0 Å². The molecular formula is C30H35ClN2. The smallest absolute Gasteiger partial charge is 0.0567 e. The van der Waals surface area contributed by atoms with E-state index in [-0.39, 0.29) is 12.4 Å². The van der Waals surface area contributed by atoms with Gasteiger partial charge in [0.15, 0.2) is 0 Å². The van der Waals surface area contributed by atoms with Crippen LogP contribution in [-0.4, -0.2) is 22.6 Å². The highest BCUT2D eigenvalue weighted by Gasteiger charge is 2.48. The van der Waals surface area contributed by atoms with Gasteiger partial charge < -0.3 is 4.57 Å². The fourth-order valence-corrected chi connectivity index (χ4v) is 9.00. The van der Waals surface area contributed by atoms with Crippen LogP contribution in [0.25, 0.3) is 16.6 Å². The minimum Gasteiger partial charge on any atom is -0.313 e. The van der Waals surface area contributed by atoms with Crippen LogP contribution in [0.3, 0.4) is 0 Å². The number of aromatic nitrogens is 1. The zero-order chi connectivity index (χ0) is 20.8. The summed E-state index contributed by atoms with van der Waals surface area (Å²) in [6.07, 6.45) is 11.3. The molecule has 3 aromatic rings. The average molecular weight is 459 g/mol. The van der Waals surface area contributed by atoms with Crippen molar-refractivity contribution in [2.75, 3.05) is 13.1 Å². The molecule has 33 heavy (non-hydrogen) atoms. The van der Waals surface area contributed by atoms with E-state index in [4.69, 9.17) is 0 Å². The predicted octanol–water partition coefficient (Wildman–Crippen LogP) is 6.58. The summed E-state index contributed by atoms with van der Waals surface area (Å²) in [4.78, 5) is 2.85. The van der Waals surface area contributed by atoms with E-state index in [1.54, 1.807) is 48.9 Å². The molecule has 0 atom stereocenters. The highest BCUT2D eigenvalue weighted by atomic mass is 35.5. The number of aryl methyl sites for hydroxylation is 2. The Kier molecular flexibility index (Phi) is 4.75. The third-order valence-electron chi connectivity index (χ3n) is 10.1. The van der Waals surface area contributed by atoms with Crippen LogP contribution in [0.2, 0.25) is 0 Å². The Balaban J connectivity index is 0.00000190. The van der Waals surface area contributed by atoms with Crippen molar-refractivity contribution in [1.82, 2.24) is 9.47 Å². The molecule has 6 aliphatic rings. The maximum Gasteiger partial charge on any atom is 0.0567 e. The van der Waals surface area contributed by atoms with Crippen LogP contribution in [0.5, 0.6) is 0 Å². The Labute approximate surface area is 203 Å². The van der Waals surface area contributed by atoms with Gasteiger partial charge in [-0.3, -0.25) is 4.90 Å². The van der Waals surface area contributed by atoms with Crippen LogP contribution in [0.1, 0.15) is 54.5 Å². The van der Waals surface area contributed by atoms with E-state index in [1.165, 1.54) is 41.7 Å². The van der Waals surface area contributed by atoms with Crippen molar-refractivity contribution in [3.05, 3.63) is 64.8 Å². The van der Waals surface area contributed by atoms with Crippen molar-refractivity contribution in [2.24, 2.45) is 29.6 Å². The number of fused-ring (bicyclic) bond motifs is 5. The zero-order valence-corrected chi connectivity index (χ0v) is 20.3. The second kappa shape index (κ2) is 7.62. The molecule has 2 aliphatic heterocycles. The topological polar surface area (TPSA) is 8.17 Å². The van der Waals surface area contributed by atoms with E-state index in [0.29, 0.717) is 0 Å². The molecule has 2 aromatic carbocycles. The van der Waals surface area contributed by atoms with Crippen LogP contribution in [0, 0.1) is 29.6 Å². The SMILES string of the molecule is Cl.c1ccc2c(c1)CCc1cccc3c4c(n-2c13)CCN(CC1C2CC3CC(C2)CC1C3)C4. The average Bonchev–Trinajstić information content (AvgIpc) is 3.03. The molecule has 4 aliphatic carbocycles. The molecule has 1 aromatic heterocycles. The molecule has 0 amide bonds. The number of para-hydroxylation sites is 2. The van der Waals surface area contributed by atoms with Crippen molar-refractivity contribution >= 4 is 23.3 Å². The summed E-state index contributed by atoms with van der Waals surface area (Å²) in [6, 6.07) is 16.3. The maximum atomic E-state index is 2.85. The van der Waals surface area contributed by atoms with Crippen LogP contribution in [-0.2, 0) is 25.8 Å². The molecule has 0 radical (unpaired) electrons. The molecule has 2 nitrogen and oxygen atoms in total. The lowest BCUT2D eigenvalue weighted by molar-refractivity contribution is -0.0504. The quantitative estimate of drug-likeness (QED) is 0.421.